The Morgan fingerprint density at radius 2 is 2.00 bits per heavy atom. The number of hydrogen-bond donors (Lipinski definition) is 2. The number of aromatic nitrogens is 2. The molecule has 21 heavy (non-hydrogen) atoms. The van der Waals surface area contributed by atoms with Crippen LogP contribution in [0.25, 0.3) is 11.4 Å². The second-order valence-corrected chi connectivity index (χ2v) is 4.26. The van der Waals surface area contributed by atoms with Gasteiger partial charge in [0.1, 0.15) is 11.4 Å². The van der Waals surface area contributed by atoms with E-state index in [0.29, 0.717) is 0 Å². The van der Waals surface area contributed by atoms with E-state index in [1.807, 2.05) is 0 Å². The third-order valence-corrected chi connectivity index (χ3v) is 2.78. The van der Waals surface area contributed by atoms with Crippen LogP contribution in [0, 0.1) is 6.92 Å². The van der Waals surface area contributed by atoms with Crippen LogP contribution in [0.15, 0.2) is 29.1 Å². The van der Waals surface area contributed by atoms with Crippen LogP contribution in [0.1, 0.15) is 21.6 Å². The predicted octanol–water partition coefficient (Wildman–Crippen LogP) is 2.46. The fourth-order valence-corrected chi connectivity index (χ4v) is 1.82. The molecule has 0 fully saturated rings. The van der Waals surface area contributed by atoms with E-state index in [4.69, 9.17) is 5.11 Å². The molecular formula is C13H9F3N2O3. The molecule has 0 aliphatic heterocycles. The quantitative estimate of drug-likeness (QED) is 0.892. The average molecular weight is 298 g/mol. The number of halogens is 3. The van der Waals surface area contributed by atoms with Crippen molar-refractivity contribution in [3.8, 4) is 11.4 Å². The molecule has 0 amide bonds. The first-order valence-electron chi connectivity index (χ1n) is 5.72. The Hall–Kier alpha value is -2.64. The Bertz CT molecular complexity index is 766. The molecule has 0 aliphatic carbocycles. The van der Waals surface area contributed by atoms with Crippen LogP contribution in [0.3, 0.4) is 0 Å². The van der Waals surface area contributed by atoms with Gasteiger partial charge < -0.3 is 10.1 Å². The minimum Gasteiger partial charge on any atom is -0.477 e. The highest BCUT2D eigenvalue weighted by atomic mass is 19.4. The zero-order valence-electron chi connectivity index (χ0n) is 10.7. The molecule has 110 valence electrons. The van der Waals surface area contributed by atoms with E-state index in [2.05, 4.69) is 9.97 Å². The molecule has 1 aromatic heterocycles. The third kappa shape index (κ3) is 2.93. The Morgan fingerprint density at radius 1 is 1.33 bits per heavy atom. The lowest BCUT2D eigenvalue weighted by molar-refractivity contribution is -0.137. The molecular weight excluding hydrogens is 289 g/mol. The van der Waals surface area contributed by atoms with Gasteiger partial charge in [-0.15, -0.1) is 0 Å². The van der Waals surface area contributed by atoms with Crippen molar-refractivity contribution in [2.75, 3.05) is 0 Å². The van der Waals surface area contributed by atoms with Gasteiger partial charge in [0.25, 0.3) is 5.56 Å². The van der Waals surface area contributed by atoms with E-state index >= 15 is 0 Å². The third-order valence-electron chi connectivity index (χ3n) is 2.78. The molecule has 2 N–H and O–H groups in total. The number of benzene rings is 1. The molecule has 8 heteroatoms. The molecule has 0 saturated carbocycles. The van der Waals surface area contributed by atoms with E-state index in [1.165, 1.54) is 19.1 Å². The highest BCUT2D eigenvalue weighted by molar-refractivity contribution is 5.88. The highest BCUT2D eigenvalue weighted by Crippen LogP contribution is 2.31. The van der Waals surface area contributed by atoms with Gasteiger partial charge in [-0.3, -0.25) is 4.79 Å². The van der Waals surface area contributed by atoms with Gasteiger partial charge in [0.15, 0.2) is 0 Å². The first-order valence-corrected chi connectivity index (χ1v) is 5.72. The summed E-state index contributed by atoms with van der Waals surface area (Å²) in [4.78, 5) is 28.5. The highest BCUT2D eigenvalue weighted by Gasteiger charge is 2.30. The van der Waals surface area contributed by atoms with Gasteiger partial charge >= 0.3 is 12.1 Å². The molecule has 0 unspecified atom stereocenters. The standard InChI is InChI=1S/C13H9F3N2O3/c1-6-9(12(20)21)11(19)18-10(17-6)7-3-2-4-8(5-7)13(14,15)16/h2-5H,1H3,(H,20,21)(H,17,18,19). The van der Waals surface area contributed by atoms with Crippen molar-refractivity contribution >= 4 is 5.97 Å². The SMILES string of the molecule is Cc1nc(-c2cccc(C(F)(F)F)c2)[nH]c(=O)c1C(=O)O. The topological polar surface area (TPSA) is 83.0 Å². The molecule has 0 atom stereocenters. The number of hydrogen-bond acceptors (Lipinski definition) is 3. The van der Waals surface area contributed by atoms with E-state index < -0.39 is 28.8 Å². The van der Waals surface area contributed by atoms with Crippen molar-refractivity contribution in [2.24, 2.45) is 0 Å². The molecule has 5 nitrogen and oxygen atoms in total. The van der Waals surface area contributed by atoms with Crippen molar-refractivity contribution in [3.05, 3.63) is 51.4 Å². The van der Waals surface area contributed by atoms with Crippen LogP contribution in [0.5, 0.6) is 0 Å². The maximum absolute atomic E-state index is 12.6. The minimum atomic E-state index is -4.52. The summed E-state index contributed by atoms with van der Waals surface area (Å²) >= 11 is 0. The van der Waals surface area contributed by atoms with E-state index in [1.54, 1.807) is 0 Å². The lowest BCUT2D eigenvalue weighted by Gasteiger charge is -2.09. The second-order valence-electron chi connectivity index (χ2n) is 4.26. The number of aromatic carboxylic acids is 1. The van der Waals surface area contributed by atoms with Gasteiger partial charge in [-0.05, 0) is 19.1 Å². The molecule has 2 aromatic rings. The van der Waals surface area contributed by atoms with E-state index in [0.717, 1.165) is 12.1 Å². The molecule has 0 radical (unpaired) electrons. The fourth-order valence-electron chi connectivity index (χ4n) is 1.82. The van der Waals surface area contributed by atoms with Gasteiger partial charge in [-0.25, -0.2) is 9.78 Å². The van der Waals surface area contributed by atoms with Crippen LogP contribution < -0.4 is 5.56 Å². The number of alkyl halides is 3. The van der Waals surface area contributed by atoms with Crippen LogP contribution in [-0.2, 0) is 6.18 Å². The Balaban J connectivity index is 2.59. The number of nitrogens with zero attached hydrogens (tertiary/aromatic N) is 1. The largest absolute Gasteiger partial charge is 0.477 e. The fraction of sp³-hybridized carbons (Fsp3) is 0.154. The monoisotopic (exact) mass is 298 g/mol. The van der Waals surface area contributed by atoms with Crippen molar-refractivity contribution in [2.45, 2.75) is 13.1 Å². The summed E-state index contributed by atoms with van der Waals surface area (Å²) in [5, 5.41) is 8.85. The van der Waals surface area contributed by atoms with Crippen LogP contribution in [0.2, 0.25) is 0 Å². The van der Waals surface area contributed by atoms with Gasteiger partial charge in [0.05, 0.1) is 11.3 Å². The molecule has 2 rings (SSSR count). The van der Waals surface area contributed by atoms with Crippen molar-refractivity contribution < 1.29 is 23.1 Å². The maximum Gasteiger partial charge on any atom is 0.416 e. The maximum atomic E-state index is 12.6. The molecule has 0 spiro atoms. The van der Waals surface area contributed by atoms with Gasteiger partial charge in [-0.1, -0.05) is 12.1 Å². The summed E-state index contributed by atoms with van der Waals surface area (Å²) in [5.41, 5.74) is -2.36. The Labute approximate surface area is 116 Å². The number of rotatable bonds is 2. The van der Waals surface area contributed by atoms with Crippen molar-refractivity contribution in [1.29, 1.82) is 0 Å². The lowest BCUT2D eigenvalue weighted by atomic mass is 10.1. The van der Waals surface area contributed by atoms with Gasteiger partial charge in [0, 0.05) is 5.56 Å². The molecule has 1 aromatic carbocycles. The normalized spacial score (nSPS) is 11.4. The van der Waals surface area contributed by atoms with Crippen LogP contribution in [-0.4, -0.2) is 21.0 Å². The van der Waals surface area contributed by atoms with Crippen LogP contribution >= 0.6 is 0 Å². The smallest absolute Gasteiger partial charge is 0.416 e. The number of carbonyl (C=O) groups is 1. The summed E-state index contributed by atoms with van der Waals surface area (Å²) in [5.74, 6) is -1.56. The number of nitrogens with one attached hydrogen (secondary N) is 1. The molecule has 0 bridgehead atoms. The summed E-state index contributed by atoms with van der Waals surface area (Å²) in [6.07, 6.45) is -4.52. The Morgan fingerprint density at radius 3 is 2.52 bits per heavy atom. The number of H-pyrrole nitrogens is 1. The van der Waals surface area contributed by atoms with Crippen LogP contribution in [0.4, 0.5) is 13.2 Å². The summed E-state index contributed by atoms with van der Waals surface area (Å²) in [6.45, 7) is 1.30. The Kier molecular flexibility index (Phi) is 3.54. The summed E-state index contributed by atoms with van der Waals surface area (Å²) in [7, 11) is 0. The van der Waals surface area contributed by atoms with Gasteiger partial charge in [0.2, 0.25) is 0 Å². The number of carboxylic acid groups (broad SMARTS) is 1. The van der Waals surface area contributed by atoms with Crippen molar-refractivity contribution in [1.82, 2.24) is 9.97 Å². The first kappa shape index (κ1) is 14.8. The minimum absolute atomic E-state index is 0.0435. The zero-order chi connectivity index (χ0) is 15.8. The van der Waals surface area contributed by atoms with E-state index in [9.17, 15) is 22.8 Å². The first-order chi connectivity index (χ1) is 9.70. The molecule has 0 saturated heterocycles. The molecule has 1 heterocycles. The van der Waals surface area contributed by atoms with Crippen molar-refractivity contribution in [3.63, 3.8) is 0 Å². The van der Waals surface area contributed by atoms with Gasteiger partial charge in [-0.2, -0.15) is 13.2 Å². The number of aryl methyl sites for hydroxylation is 1. The predicted molar refractivity (Wildman–Crippen MR) is 67.0 cm³/mol. The number of carboxylic acids is 1. The second kappa shape index (κ2) is 5.04. The van der Waals surface area contributed by atoms with E-state index in [-0.39, 0.29) is 17.1 Å². The zero-order valence-corrected chi connectivity index (χ0v) is 10.7. The summed E-state index contributed by atoms with van der Waals surface area (Å²) in [6, 6.07) is 4.24. The lowest BCUT2D eigenvalue weighted by Crippen LogP contribution is -2.21. The average Bonchev–Trinajstić information content (AvgIpc) is 2.36. The molecule has 0 aliphatic rings. The summed E-state index contributed by atoms with van der Waals surface area (Å²) < 4.78 is 37.9. The number of aromatic amines is 1.